The smallest absolute Gasteiger partial charge is 0.238 e. The lowest BCUT2D eigenvalue weighted by molar-refractivity contribution is 0.462. The number of hydrogen-bond donors (Lipinski definition) is 0. The van der Waals surface area contributed by atoms with Crippen molar-refractivity contribution in [3.63, 3.8) is 0 Å². The Hall–Kier alpha value is -3.90. The lowest BCUT2D eigenvalue weighted by Gasteiger charge is -2.13. The number of pyridine rings is 1. The first-order chi connectivity index (χ1) is 13.3. The maximum absolute atomic E-state index is 9.83. The van der Waals surface area contributed by atoms with Gasteiger partial charge in [-0.05, 0) is 23.8 Å². The summed E-state index contributed by atoms with van der Waals surface area (Å²) in [4.78, 5) is 4.65. The number of aromatic nitrogens is 1. The lowest BCUT2D eigenvalue weighted by Crippen LogP contribution is -1.97. The predicted molar refractivity (Wildman–Crippen MR) is 106 cm³/mol. The van der Waals surface area contributed by atoms with Gasteiger partial charge in [0.2, 0.25) is 5.88 Å². The summed E-state index contributed by atoms with van der Waals surface area (Å²) in [5.74, 6) is 0.953. The summed E-state index contributed by atoms with van der Waals surface area (Å²) in [6.07, 6.45) is 0. The number of rotatable bonds is 4. The van der Waals surface area contributed by atoms with E-state index in [0.717, 1.165) is 22.4 Å². The molecule has 1 heterocycles. The van der Waals surface area contributed by atoms with Crippen LogP contribution in [0.3, 0.4) is 0 Å². The highest BCUT2D eigenvalue weighted by molar-refractivity contribution is 5.77. The van der Waals surface area contributed by atoms with Crippen LogP contribution >= 0.6 is 0 Å². The van der Waals surface area contributed by atoms with Gasteiger partial charge in [-0.25, -0.2) is 4.98 Å². The minimum absolute atomic E-state index is 0.309. The van der Waals surface area contributed by atoms with Crippen LogP contribution in [0, 0.1) is 11.3 Å². The highest BCUT2D eigenvalue weighted by Gasteiger charge is 2.17. The molecule has 0 saturated heterocycles. The van der Waals surface area contributed by atoms with Crippen LogP contribution in [0.15, 0.2) is 97.1 Å². The Morgan fingerprint density at radius 2 is 1.26 bits per heavy atom. The lowest BCUT2D eigenvalue weighted by atomic mass is 9.99. The fourth-order valence-corrected chi connectivity index (χ4v) is 2.91. The fraction of sp³-hybridized carbons (Fsp3) is 0. The van der Waals surface area contributed by atoms with E-state index in [1.165, 1.54) is 0 Å². The molecule has 0 aliphatic carbocycles. The van der Waals surface area contributed by atoms with Crippen molar-refractivity contribution in [2.24, 2.45) is 0 Å². The molecule has 4 rings (SSSR count). The third-order valence-corrected chi connectivity index (χ3v) is 4.21. The topological polar surface area (TPSA) is 45.9 Å². The van der Waals surface area contributed by atoms with Gasteiger partial charge in [-0.15, -0.1) is 0 Å². The highest BCUT2D eigenvalue weighted by atomic mass is 16.5. The van der Waals surface area contributed by atoms with Crippen LogP contribution in [-0.4, -0.2) is 4.98 Å². The Kier molecular flexibility index (Phi) is 4.63. The molecule has 3 aromatic carbocycles. The molecule has 4 aromatic rings. The zero-order chi connectivity index (χ0) is 18.5. The average molecular weight is 348 g/mol. The third-order valence-electron chi connectivity index (χ3n) is 4.21. The summed E-state index contributed by atoms with van der Waals surface area (Å²) in [5, 5.41) is 9.83. The van der Waals surface area contributed by atoms with Gasteiger partial charge >= 0.3 is 0 Å². The van der Waals surface area contributed by atoms with E-state index in [0.29, 0.717) is 17.2 Å². The zero-order valence-electron chi connectivity index (χ0n) is 14.5. The van der Waals surface area contributed by atoms with Gasteiger partial charge in [-0.1, -0.05) is 78.9 Å². The van der Waals surface area contributed by atoms with E-state index in [9.17, 15) is 5.26 Å². The summed E-state index contributed by atoms with van der Waals surface area (Å²) in [7, 11) is 0. The van der Waals surface area contributed by atoms with Crippen LogP contribution in [0.2, 0.25) is 0 Å². The van der Waals surface area contributed by atoms with E-state index in [-0.39, 0.29) is 0 Å². The van der Waals surface area contributed by atoms with E-state index < -0.39 is 0 Å². The van der Waals surface area contributed by atoms with Crippen molar-refractivity contribution in [3.8, 4) is 40.1 Å². The van der Waals surface area contributed by atoms with E-state index in [4.69, 9.17) is 4.74 Å². The van der Waals surface area contributed by atoms with Crippen LogP contribution in [0.1, 0.15) is 5.56 Å². The number of benzene rings is 3. The largest absolute Gasteiger partial charge is 0.438 e. The molecule has 128 valence electrons. The molecule has 3 heteroatoms. The minimum Gasteiger partial charge on any atom is -0.438 e. The summed E-state index contributed by atoms with van der Waals surface area (Å²) in [5.41, 5.74) is 3.91. The van der Waals surface area contributed by atoms with Crippen LogP contribution in [0.4, 0.5) is 0 Å². The normalized spacial score (nSPS) is 10.2. The number of nitriles is 1. The van der Waals surface area contributed by atoms with Crippen LogP contribution in [0.5, 0.6) is 11.6 Å². The molecule has 0 aliphatic heterocycles. The maximum Gasteiger partial charge on any atom is 0.238 e. The molecule has 27 heavy (non-hydrogen) atoms. The van der Waals surface area contributed by atoms with Crippen LogP contribution in [0.25, 0.3) is 22.4 Å². The SMILES string of the molecule is N#Cc1c(-c2ccccc2)cc(-c2ccccc2)nc1Oc1ccccc1. The summed E-state index contributed by atoms with van der Waals surface area (Å²) < 4.78 is 5.99. The van der Waals surface area contributed by atoms with Crippen molar-refractivity contribution < 1.29 is 4.74 Å². The summed E-state index contributed by atoms with van der Waals surface area (Å²) in [6, 6.07) is 33.3. The second-order valence-corrected chi connectivity index (χ2v) is 5.99. The average Bonchev–Trinajstić information content (AvgIpc) is 2.75. The molecule has 1 aromatic heterocycles. The molecular formula is C24H16N2O. The monoisotopic (exact) mass is 348 g/mol. The van der Waals surface area contributed by atoms with Crippen molar-refractivity contribution in [3.05, 3.63) is 103 Å². The second kappa shape index (κ2) is 7.55. The van der Waals surface area contributed by atoms with Gasteiger partial charge in [-0.2, -0.15) is 5.26 Å². The van der Waals surface area contributed by atoms with Crippen molar-refractivity contribution in [2.45, 2.75) is 0 Å². The van der Waals surface area contributed by atoms with Gasteiger partial charge in [0.1, 0.15) is 17.4 Å². The fourth-order valence-electron chi connectivity index (χ4n) is 2.91. The van der Waals surface area contributed by atoms with E-state index >= 15 is 0 Å². The molecule has 3 nitrogen and oxygen atoms in total. The van der Waals surface area contributed by atoms with Crippen LogP contribution in [-0.2, 0) is 0 Å². The molecule has 0 bridgehead atoms. The van der Waals surface area contributed by atoms with Crippen LogP contribution < -0.4 is 4.74 Å². The zero-order valence-corrected chi connectivity index (χ0v) is 14.5. The highest BCUT2D eigenvalue weighted by Crippen LogP contribution is 2.35. The predicted octanol–water partition coefficient (Wildman–Crippen LogP) is 6.08. The molecule has 0 unspecified atom stereocenters. The summed E-state index contributed by atoms with van der Waals surface area (Å²) in [6.45, 7) is 0. The standard InChI is InChI=1S/C24H16N2O/c25-17-22-21(18-10-4-1-5-11-18)16-23(19-12-6-2-7-13-19)26-24(22)27-20-14-8-3-9-15-20/h1-16H. The molecule has 0 aliphatic rings. The molecule has 0 amide bonds. The summed E-state index contributed by atoms with van der Waals surface area (Å²) >= 11 is 0. The Morgan fingerprint density at radius 3 is 1.85 bits per heavy atom. The van der Waals surface area contributed by atoms with E-state index in [1.807, 2.05) is 97.1 Å². The van der Waals surface area contributed by atoms with Gasteiger partial charge < -0.3 is 4.74 Å². The van der Waals surface area contributed by atoms with Gasteiger partial charge in [0.25, 0.3) is 0 Å². The molecule has 0 fully saturated rings. The first-order valence-corrected chi connectivity index (χ1v) is 8.64. The minimum atomic E-state index is 0.309. The Morgan fingerprint density at radius 1 is 0.704 bits per heavy atom. The molecule has 0 radical (unpaired) electrons. The first-order valence-electron chi connectivity index (χ1n) is 8.64. The quantitative estimate of drug-likeness (QED) is 0.449. The van der Waals surface area contributed by atoms with Gasteiger partial charge in [0, 0.05) is 11.1 Å². The number of ether oxygens (including phenoxy) is 1. The van der Waals surface area contributed by atoms with E-state index in [2.05, 4.69) is 11.1 Å². The molecular weight excluding hydrogens is 332 g/mol. The van der Waals surface area contributed by atoms with Gasteiger partial charge in [-0.3, -0.25) is 0 Å². The Balaban J connectivity index is 1.92. The van der Waals surface area contributed by atoms with Gasteiger partial charge in [0.05, 0.1) is 5.69 Å². The third kappa shape index (κ3) is 3.56. The van der Waals surface area contributed by atoms with E-state index in [1.54, 1.807) is 0 Å². The second-order valence-electron chi connectivity index (χ2n) is 5.99. The van der Waals surface area contributed by atoms with Gasteiger partial charge in [0.15, 0.2) is 0 Å². The number of nitrogens with zero attached hydrogens (tertiary/aromatic N) is 2. The van der Waals surface area contributed by atoms with Crippen molar-refractivity contribution in [1.82, 2.24) is 4.98 Å². The maximum atomic E-state index is 9.83. The molecule has 0 saturated carbocycles. The molecule has 0 N–H and O–H groups in total. The molecule has 0 spiro atoms. The van der Waals surface area contributed by atoms with Crippen molar-refractivity contribution in [2.75, 3.05) is 0 Å². The van der Waals surface area contributed by atoms with Crippen molar-refractivity contribution >= 4 is 0 Å². The Bertz CT molecular complexity index is 1090. The number of para-hydroxylation sites is 1. The van der Waals surface area contributed by atoms with Crippen molar-refractivity contribution in [1.29, 1.82) is 5.26 Å². The first kappa shape index (κ1) is 16.6. The Labute approximate surface area is 158 Å². The molecule has 0 atom stereocenters. The number of hydrogen-bond acceptors (Lipinski definition) is 3.